The lowest BCUT2D eigenvalue weighted by molar-refractivity contribution is 0.0684. The highest BCUT2D eigenvalue weighted by molar-refractivity contribution is 4.76. The fourth-order valence-electron chi connectivity index (χ4n) is 1.41. The van der Waals surface area contributed by atoms with Crippen LogP contribution in [0.1, 0.15) is 52.9 Å². The Kier molecular flexibility index (Phi) is 9.56. The first-order valence-electron chi connectivity index (χ1n) is 5.54. The molecule has 0 aromatic heterocycles. The van der Waals surface area contributed by atoms with E-state index >= 15 is 0 Å². The second kappa shape index (κ2) is 9.79. The topological polar surface area (TPSA) is 9.23 Å². The van der Waals surface area contributed by atoms with E-state index in [1.165, 1.54) is 32.1 Å². The fourth-order valence-corrected chi connectivity index (χ4v) is 1.41. The molecule has 1 atom stereocenters. The first kappa shape index (κ1) is 12.7. The Morgan fingerprint density at radius 2 is 2.00 bits per heavy atom. The van der Waals surface area contributed by atoms with Crippen LogP contribution in [0.15, 0.2) is 12.2 Å². The van der Waals surface area contributed by atoms with Crippen molar-refractivity contribution in [1.29, 1.82) is 0 Å². The Morgan fingerprint density at radius 3 is 2.62 bits per heavy atom. The lowest BCUT2D eigenvalue weighted by Gasteiger charge is -2.10. The van der Waals surface area contributed by atoms with Gasteiger partial charge in [-0.05, 0) is 40.0 Å². The van der Waals surface area contributed by atoms with Crippen molar-refractivity contribution in [2.75, 3.05) is 6.61 Å². The third-order valence-corrected chi connectivity index (χ3v) is 2.17. The van der Waals surface area contributed by atoms with E-state index < -0.39 is 0 Å². The number of rotatable bonds is 8. The highest BCUT2D eigenvalue weighted by atomic mass is 16.5. The molecular formula is C12H24O. The van der Waals surface area contributed by atoms with E-state index in [0.717, 1.165) is 6.61 Å². The average Bonchev–Trinajstić information content (AvgIpc) is 2.11. The summed E-state index contributed by atoms with van der Waals surface area (Å²) >= 11 is 0. The summed E-state index contributed by atoms with van der Waals surface area (Å²) in [5.41, 5.74) is 0. The Morgan fingerprint density at radius 1 is 1.23 bits per heavy atom. The number of ether oxygens (including phenoxy) is 1. The summed E-state index contributed by atoms with van der Waals surface area (Å²) in [4.78, 5) is 0. The van der Waals surface area contributed by atoms with Gasteiger partial charge in [0.1, 0.15) is 0 Å². The summed E-state index contributed by atoms with van der Waals surface area (Å²) < 4.78 is 5.46. The maximum Gasteiger partial charge on any atom is 0.0546 e. The molecule has 0 heterocycles. The van der Waals surface area contributed by atoms with Crippen molar-refractivity contribution in [3.8, 4) is 0 Å². The van der Waals surface area contributed by atoms with Crippen LogP contribution in [0.25, 0.3) is 0 Å². The van der Waals surface area contributed by atoms with E-state index in [9.17, 15) is 0 Å². The van der Waals surface area contributed by atoms with Crippen molar-refractivity contribution >= 4 is 0 Å². The molecule has 0 aliphatic rings. The zero-order chi connectivity index (χ0) is 9.94. The van der Waals surface area contributed by atoms with E-state index in [4.69, 9.17) is 4.74 Å². The Hall–Kier alpha value is -0.300. The Bertz CT molecular complexity index is 118. The summed E-state index contributed by atoms with van der Waals surface area (Å²) in [7, 11) is 0. The molecule has 0 saturated carbocycles. The minimum atomic E-state index is 0.451. The molecular weight excluding hydrogens is 160 g/mol. The third-order valence-electron chi connectivity index (χ3n) is 2.17. The predicted octanol–water partition coefficient (Wildman–Crippen LogP) is 3.94. The zero-order valence-corrected chi connectivity index (χ0v) is 9.38. The summed E-state index contributed by atoms with van der Waals surface area (Å²) in [6.07, 6.45) is 11.2. The number of unbranched alkanes of at least 4 members (excludes halogenated alkanes) is 3. The molecule has 0 fully saturated rings. The van der Waals surface area contributed by atoms with Gasteiger partial charge in [0.05, 0.1) is 6.10 Å². The third kappa shape index (κ3) is 9.62. The molecule has 0 aliphatic carbocycles. The number of hydrogen-bond acceptors (Lipinski definition) is 1. The van der Waals surface area contributed by atoms with Crippen LogP contribution in [0, 0.1) is 0 Å². The van der Waals surface area contributed by atoms with Gasteiger partial charge in [0.25, 0.3) is 0 Å². The van der Waals surface area contributed by atoms with Crippen molar-refractivity contribution in [2.24, 2.45) is 0 Å². The highest BCUT2D eigenvalue weighted by Gasteiger charge is 1.99. The van der Waals surface area contributed by atoms with Gasteiger partial charge in [0.2, 0.25) is 0 Å². The van der Waals surface area contributed by atoms with Crippen molar-refractivity contribution in [3.05, 3.63) is 12.2 Å². The van der Waals surface area contributed by atoms with Crippen molar-refractivity contribution in [1.82, 2.24) is 0 Å². The van der Waals surface area contributed by atoms with Crippen molar-refractivity contribution < 1.29 is 4.74 Å². The van der Waals surface area contributed by atoms with Gasteiger partial charge < -0.3 is 4.74 Å². The molecule has 1 unspecified atom stereocenters. The van der Waals surface area contributed by atoms with Gasteiger partial charge in [-0.15, -0.1) is 0 Å². The van der Waals surface area contributed by atoms with Gasteiger partial charge in [-0.1, -0.05) is 25.0 Å². The lowest BCUT2D eigenvalue weighted by atomic mass is 10.1. The van der Waals surface area contributed by atoms with Crippen LogP contribution in [0.4, 0.5) is 0 Å². The maximum absolute atomic E-state index is 5.46. The van der Waals surface area contributed by atoms with Crippen LogP contribution >= 0.6 is 0 Å². The van der Waals surface area contributed by atoms with E-state index in [1.807, 2.05) is 0 Å². The smallest absolute Gasteiger partial charge is 0.0546 e. The van der Waals surface area contributed by atoms with Crippen LogP contribution in [0.3, 0.4) is 0 Å². The van der Waals surface area contributed by atoms with Gasteiger partial charge in [-0.2, -0.15) is 0 Å². The summed E-state index contributed by atoms with van der Waals surface area (Å²) in [6.45, 7) is 7.15. The molecule has 0 aromatic rings. The van der Waals surface area contributed by atoms with Crippen LogP contribution in [0.2, 0.25) is 0 Å². The lowest BCUT2D eigenvalue weighted by Crippen LogP contribution is -2.07. The van der Waals surface area contributed by atoms with E-state index in [-0.39, 0.29) is 0 Å². The second-order valence-electron chi connectivity index (χ2n) is 3.47. The van der Waals surface area contributed by atoms with E-state index in [1.54, 1.807) is 0 Å². The summed E-state index contributed by atoms with van der Waals surface area (Å²) in [5, 5.41) is 0. The van der Waals surface area contributed by atoms with Gasteiger partial charge in [0, 0.05) is 6.61 Å². The summed E-state index contributed by atoms with van der Waals surface area (Å²) in [5.74, 6) is 0. The molecule has 1 heteroatoms. The predicted molar refractivity (Wildman–Crippen MR) is 59.0 cm³/mol. The van der Waals surface area contributed by atoms with Crippen molar-refractivity contribution in [2.45, 2.75) is 59.0 Å². The first-order valence-corrected chi connectivity index (χ1v) is 5.54. The molecule has 0 spiro atoms. The minimum absolute atomic E-state index is 0.451. The molecule has 0 rings (SSSR count). The van der Waals surface area contributed by atoms with Crippen molar-refractivity contribution in [3.63, 3.8) is 0 Å². The monoisotopic (exact) mass is 184 g/mol. The SMILES string of the molecule is C/C=C/CCCCCC(C)OCC. The number of hydrogen-bond donors (Lipinski definition) is 0. The molecule has 0 N–H and O–H groups in total. The molecule has 0 radical (unpaired) electrons. The Balaban J connectivity index is 3.06. The largest absolute Gasteiger partial charge is 0.379 e. The highest BCUT2D eigenvalue weighted by Crippen LogP contribution is 2.08. The first-order chi connectivity index (χ1) is 6.31. The molecule has 1 nitrogen and oxygen atoms in total. The fraction of sp³-hybridized carbons (Fsp3) is 0.833. The minimum Gasteiger partial charge on any atom is -0.379 e. The molecule has 13 heavy (non-hydrogen) atoms. The van der Waals surface area contributed by atoms with Gasteiger partial charge in [0.15, 0.2) is 0 Å². The average molecular weight is 184 g/mol. The molecule has 0 saturated heterocycles. The van der Waals surface area contributed by atoms with Gasteiger partial charge in [-0.3, -0.25) is 0 Å². The van der Waals surface area contributed by atoms with Crippen LogP contribution < -0.4 is 0 Å². The van der Waals surface area contributed by atoms with E-state index in [2.05, 4.69) is 32.9 Å². The van der Waals surface area contributed by atoms with Crippen LogP contribution in [0.5, 0.6) is 0 Å². The molecule has 0 aliphatic heterocycles. The quantitative estimate of drug-likeness (QED) is 0.410. The molecule has 0 bridgehead atoms. The number of allylic oxidation sites excluding steroid dienone is 2. The molecule has 0 amide bonds. The normalized spacial score (nSPS) is 13.8. The maximum atomic E-state index is 5.46. The summed E-state index contributed by atoms with van der Waals surface area (Å²) in [6, 6.07) is 0. The molecule has 0 aromatic carbocycles. The van der Waals surface area contributed by atoms with E-state index in [0.29, 0.717) is 6.10 Å². The van der Waals surface area contributed by atoms with Crippen LogP contribution in [-0.2, 0) is 4.74 Å². The molecule has 78 valence electrons. The second-order valence-corrected chi connectivity index (χ2v) is 3.47. The van der Waals surface area contributed by atoms with Gasteiger partial charge >= 0.3 is 0 Å². The van der Waals surface area contributed by atoms with Crippen LogP contribution in [-0.4, -0.2) is 12.7 Å². The zero-order valence-electron chi connectivity index (χ0n) is 9.38. The van der Waals surface area contributed by atoms with Gasteiger partial charge in [-0.25, -0.2) is 0 Å². The standard InChI is InChI=1S/C12H24O/c1-4-6-7-8-9-10-11-12(3)13-5-2/h4,6,12H,5,7-11H2,1-3H3/b6-4+. The Labute approximate surface area is 83.2 Å².